The van der Waals surface area contributed by atoms with Crippen LogP contribution in [0.25, 0.3) is 285 Å². The molecule has 29 aromatic rings. The Morgan fingerprint density at radius 2 is 0.527 bits per heavy atom. The number of hydrogen-bond acceptors (Lipinski definition) is 18. The molecule has 0 aliphatic heterocycles. The van der Waals surface area contributed by atoms with Gasteiger partial charge in [-0.1, -0.05) is 364 Å². The number of rotatable bonds is 15. The highest BCUT2D eigenvalue weighted by atomic mass is 32.1. The van der Waals surface area contributed by atoms with Crippen molar-refractivity contribution in [3.63, 3.8) is 0 Å². The van der Waals surface area contributed by atoms with Gasteiger partial charge in [0.1, 0.15) is 11.2 Å². The van der Waals surface area contributed by atoms with Crippen molar-refractivity contribution >= 4 is 149 Å². The Bertz CT molecular complexity index is 10100. The summed E-state index contributed by atoms with van der Waals surface area (Å²) in [5.74, 6) is 3.98. The first-order chi connectivity index (χ1) is 73.3. The monoisotopic (exact) mass is 1950 g/mol. The predicted molar refractivity (Wildman–Crippen MR) is 608 cm³/mol. The van der Waals surface area contributed by atoms with Crippen LogP contribution < -0.4 is 0 Å². The Kier molecular flexibility index (Phi) is 22.5. The molecule has 0 bridgehead atoms. The van der Waals surface area contributed by atoms with Crippen molar-refractivity contribution in [1.82, 2.24) is 69.8 Å². The van der Waals surface area contributed by atoms with Gasteiger partial charge in [-0.25, -0.2) is 59.8 Å². The molecule has 0 saturated heterocycles. The number of fused-ring (bicyclic) bond motifs is 16. The highest BCUT2D eigenvalue weighted by molar-refractivity contribution is 7.27. The van der Waals surface area contributed by atoms with Gasteiger partial charge in [0.15, 0.2) is 34.9 Å². The maximum absolute atomic E-state index is 6.18. The third kappa shape index (κ3) is 16.8. The summed E-state index contributed by atoms with van der Waals surface area (Å²) < 4.78 is 13.1. The van der Waals surface area contributed by atoms with Crippen molar-refractivity contribution in [2.75, 3.05) is 0 Å². The van der Waals surface area contributed by atoms with Gasteiger partial charge in [-0.05, 0) is 123 Å². The van der Waals surface area contributed by atoms with Crippen LogP contribution in [0.15, 0.2) is 478 Å². The van der Waals surface area contributed by atoms with Gasteiger partial charge in [-0.15, -0.1) is 34.0 Å². The molecule has 0 spiro atoms. The summed E-state index contributed by atoms with van der Waals surface area (Å²) in [5, 5.41) is 12.7. The van der Waals surface area contributed by atoms with Crippen LogP contribution in [-0.4, -0.2) is 69.8 Å². The van der Waals surface area contributed by atoms with Crippen molar-refractivity contribution in [1.29, 1.82) is 0 Å². The van der Waals surface area contributed by atoms with Gasteiger partial charge in [-0.2, -0.15) is 0 Å². The number of thiophene rings is 3. The summed E-state index contributed by atoms with van der Waals surface area (Å²) in [6.45, 7) is 0. The van der Waals surface area contributed by atoms with E-state index in [2.05, 4.69) is 344 Å². The molecule has 692 valence electrons. The summed E-state index contributed by atoms with van der Waals surface area (Å²) in [5.41, 5.74) is 27.0. The predicted octanol–water partition coefficient (Wildman–Crippen LogP) is 34.1. The van der Waals surface area contributed by atoms with Gasteiger partial charge in [0.2, 0.25) is 0 Å². The number of nitrogens with zero attached hydrogens (tertiary/aromatic N) is 14. The zero-order valence-corrected chi connectivity index (χ0v) is 81.4. The second-order valence-corrected chi connectivity index (χ2v) is 39.3. The molecular formula is C130H78N14OS3. The first-order valence-electron chi connectivity index (χ1n) is 48.7. The Morgan fingerprint density at radius 1 is 0.176 bits per heavy atom. The Morgan fingerprint density at radius 3 is 1.02 bits per heavy atom. The number of furan rings is 1. The third-order valence-electron chi connectivity index (χ3n) is 26.9. The minimum Gasteiger partial charge on any atom is -0.456 e. The zero-order valence-electron chi connectivity index (χ0n) is 78.9. The van der Waals surface area contributed by atoms with Crippen molar-refractivity contribution in [3.8, 4) is 170 Å². The van der Waals surface area contributed by atoms with Gasteiger partial charge >= 0.3 is 0 Å². The topological polar surface area (TPSA) is 194 Å². The average Bonchev–Trinajstić information content (AvgIpc) is 1.58. The van der Waals surface area contributed by atoms with Crippen LogP contribution in [0.4, 0.5) is 0 Å². The molecule has 0 amide bonds. The molecule has 17 aromatic carbocycles. The van der Waals surface area contributed by atoms with Crippen LogP contribution in [-0.2, 0) is 0 Å². The smallest absolute Gasteiger partial charge is 0.160 e. The molecule has 0 fully saturated rings. The van der Waals surface area contributed by atoms with Crippen molar-refractivity contribution < 1.29 is 4.42 Å². The number of benzene rings is 17. The van der Waals surface area contributed by atoms with E-state index < -0.39 is 0 Å². The molecule has 0 atom stereocenters. The van der Waals surface area contributed by atoms with Gasteiger partial charge in [0.05, 0.1) is 87.6 Å². The molecule has 0 saturated carbocycles. The molecule has 29 rings (SSSR count). The molecular weight excluding hydrogens is 1870 g/mol. The SMILES string of the molecule is c1ccc(-c2cc(-c3ccccn3)nc(-c3ccc(-c4nc(-c5ccccc5)c5sc6ccccc6c5n4)cc3)n2)cc1.c1ccc(-c2nc(-c3ccc(-c4nc(-c5ccc6c(ccc7ccccc76)c5)cc(-c5ccc6oc7ccccc7c6c5)n4)cc3)nc3c2sc2ccccc23)cc1.c1ccc(-c2nc(-c3ccc(-c4nc(-c5cccnc5)cc(-c5cccc6ccccc56)n4)cc3)nc3c2sc2ccccc23)cc1. The quantitative estimate of drug-likeness (QED) is 0.0879. The van der Waals surface area contributed by atoms with Crippen LogP contribution in [0.5, 0.6) is 0 Å². The van der Waals surface area contributed by atoms with E-state index in [4.69, 9.17) is 64.2 Å². The molecule has 18 heteroatoms. The summed E-state index contributed by atoms with van der Waals surface area (Å²) >= 11 is 5.22. The minimum atomic E-state index is 0.638. The van der Waals surface area contributed by atoms with Crippen LogP contribution in [0, 0.1) is 0 Å². The fourth-order valence-electron chi connectivity index (χ4n) is 19.6. The largest absolute Gasteiger partial charge is 0.456 e. The lowest BCUT2D eigenvalue weighted by molar-refractivity contribution is 0.669. The first kappa shape index (κ1) is 87.8. The van der Waals surface area contributed by atoms with E-state index in [0.29, 0.717) is 34.9 Å². The fraction of sp³-hybridized carbons (Fsp3) is 0. The first-order valence-corrected chi connectivity index (χ1v) is 51.2. The molecule has 0 N–H and O–H groups in total. The van der Waals surface area contributed by atoms with E-state index in [-0.39, 0.29) is 0 Å². The summed E-state index contributed by atoms with van der Waals surface area (Å²) in [4.78, 5) is 70.2. The Hall–Kier alpha value is -19.2. The summed E-state index contributed by atoms with van der Waals surface area (Å²) in [6, 6.07) is 156. The van der Waals surface area contributed by atoms with Gasteiger partial charge < -0.3 is 4.42 Å². The highest BCUT2D eigenvalue weighted by Crippen LogP contribution is 2.46. The van der Waals surface area contributed by atoms with E-state index in [1.807, 2.05) is 128 Å². The maximum atomic E-state index is 6.18. The van der Waals surface area contributed by atoms with Crippen LogP contribution in [0.3, 0.4) is 0 Å². The molecule has 148 heavy (non-hydrogen) atoms. The number of aromatic nitrogens is 14. The lowest BCUT2D eigenvalue weighted by Gasteiger charge is -2.11. The normalized spacial score (nSPS) is 11.5. The summed E-state index contributed by atoms with van der Waals surface area (Å²) in [7, 11) is 0. The summed E-state index contributed by atoms with van der Waals surface area (Å²) in [6.07, 6.45) is 5.40. The molecule has 12 aromatic heterocycles. The minimum absolute atomic E-state index is 0.638. The highest BCUT2D eigenvalue weighted by Gasteiger charge is 2.25. The van der Waals surface area contributed by atoms with Crippen LogP contribution in [0.2, 0.25) is 0 Å². The van der Waals surface area contributed by atoms with E-state index in [9.17, 15) is 0 Å². The van der Waals surface area contributed by atoms with E-state index in [1.54, 1.807) is 46.4 Å². The van der Waals surface area contributed by atoms with Crippen LogP contribution in [0.1, 0.15) is 0 Å². The number of para-hydroxylation sites is 1. The van der Waals surface area contributed by atoms with E-state index in [1.165, 1.54) is 41.0 Å². The molecule has 0 radical (unpaired) electrons. The van der Waals surface area contributed by atoms with E-state index >= 15 is 0 Å². The number of hydrogen-bond donors (Lipinski definition) is 0. The van der Waals surface area contributed by atoms with Crippen molar-refractivity contribution in [3.05, 3.63) is 474 Å². The molecule has 15 nitrogen and oxygen atoms in total. The molecule has 12 heterocycles. The lowest BCUT2D eigenvalue weighted by Crippen LogP contribution is -1.97. The zero-order chi connectivity index (χ0) is 97.9. The average molecular weight is 1950 g/mol. The Balaban J connectivity index is 0.000000111. The maximum Gasteiger partial charge on any atom is 0.160 e. The number of pyridine rings is 2. The Labute approximate surface area is 860 Å². The van der Waals surface area contributed by atoms with Gasteiger partial charge in [0.25, 0.3) is 0 Å². The van der Waals surface area contributed by atoms with E-state index in [0.717, 1.165) is 209 Å². The fourth-order valence-corrected chi connectivity index (χ4v) is 23.0. The van der Waals surface area contributed by atoms with Crippen LogP contribution >= 0.6 is 34.0 Å². The lowest BCUT2D eigenvalue weighted by atomic mass is 9.98. The second kappa shape index (κ2) is 37.9. The second-order valence-electron chi connectivity index (χ2n) is 36.1. The standard InChI is InChI=1S/C52H30N4OS.C41H25N5S.C37H23N5S/c1-2-11-32(12-3-1)48-50-49(41-15-7-9-17-47(41)58-50)56-52(55-48)34-21-19-33(20-22-34)51-53-43(36-24-26-39-35(28-36)23-18-31-10-4-5-13-38(31)39)30-44(54-51)37-25-27-46-42(29-37)40-14-6-8-16-45(40)57-46;1-2-11-27(12-3-1)37-39-38(33-16-6-7-18-36(33)47-39)46-41(45-37)29-21-19-28(20-22-29)40-43-34(30-14-9-23-42-25-30)24-35(44-40)32-17-8-13-26-10-4-5-15-31(26)32;1-3-11-24(12-4-1)30-23-31(29-16-9-10-22-38-29)40-36(39-30)26-18-20-27(21-19-26)37-41-33(25-13-5-2-6-14-25)35-34(42-37)28-15-7-8-17-32(28)43-35/h1-30H;1-25H;1-23H. The molecule has 0 aliphatic rings. The van der Waals surface area contributed by atoms with Gasteiger partial charge in [-0.3, -0.25) is 9.97 Å². The molecule has 0 aliphatic carbocycles. The van der Waals surface area contributed by atoms with Crippen molar-refractivity contribution in [2.45, 2.75) is 0 Å². The third-order valence-corrected chi connectivity index (χ3v) is 30.4. The van der Waals surface area contributed by atoms with Crippen molar-refractivity contribution in [2.24, 2.45) is 0 Å². The van der Waals surface area contributed by atoms with Gasteiger partial charge in [0, 0.05) is 138 Å². The molecule has 0 unspecified atom stereocenters.